The van der Waals surface area contributed by atoms with Crippen LogP contribution in [-0.2, 0) is 11.3 Å². The van der Waals surface area contributed by atoms with Gasteiger partial charge in [-0.05, 0) is 67.6 Å². The standard InChI is InChI=1S/C22H20ClN5O3/c1-14(31-18-9-5-16(23)6-10-18)22(29)24-13-21-26-25-20-12-11-19(27-28(20)21)15-3-7-17(30-2)8-4-15/h3-12,14H,13H2,1-2H3,(H,24,29)/t14-/m0/s1. The number of carbonyl (C=O) groups excluding carboxylic acids is 1. The Morgan fingerprint density at radius 3 is 2.45 bits per heavy atom. The molecule has 2 heterocycles. The highest BCUT2D eigenvalue weighted by Gasteiger charge is 2.16. The zero-order valence-corrected chi connectivity index (χ0v) is 17.7. The van der Waals surface area contributed by atoms with E-state index in [9.17, 15) is 4.79 Å². The number of halogens is 1. The molecule has 4 aromatic rings. The highest BCUT2D eigenvalue weighted by molar-refractivity contribution is 6.30. The van der Waals surface area contributed by atoms with Crippen LogP contribution >= 0.6 is 11.6 Å². The molecule has 0 aliphatic heterocycles. The van der Waals surface area contributed by atoms with Crippen molar-refractivity contribution in [1.82, 2.24) is 25.1 Å². The number of hydrogen-bond acceptors (Lipinski definition) is 6. The van der Waals surface area contributed by atoms with E-state index in [2.05, 4.69) is 20.6 Å². The second-order valence-electron chi connectivity index (χ2n) is 6.77. The van der Waals surface area contributed by atoms with Gasteiger partial charge in [0.05, 0.1) is 19.3 Å². The van der Waals surface area contributed by atoms with Gasteiger partial charge in [-0.25, -0.2) is 0 Å². The minimum absolute atomic E-state index is 0.160. The van der Waals surface area contributed by atoms with Gasteiger partial charge >= 0.3 is 0 Å². The molecular formula is C22H20ClN5O3. The maximum atomic E-state index is 12.4. The Morgan fingerprint density at radius 1 is 1.03 bits per heavy atom. The van der Waals surface area contributed by atoms with Crippen LogP contribution < -0.4 is 14.8 Å². The number of nitrogens with one attached hydrogen (secondary N) is 1. The van der Waals surface area contributed by atoms with Crippen molar-refractivity contribution < 1.29 is 14.3 Å². The van der Waals surface area contributed by atoms with Crippen LogP contribution in [-0.4, -0.2) is 38.9 Å². The number of nitrogens with zero attached hydrogens (tertiary/aromatic N) is 4. The van der Waals surface area contributed by atoms with E-state index in [0.29, 0.717) is 22.2 Å². The van der Waals surface area contributed by atoms with E-state index in [0.717, 1.165) is 17.0 Å². The summed E-state index contributed by atoms with van der Waals surface area (Å²) >= 11 is 5.87. The summed E-state index contributed by atoms with van der Waals surface area (Å²) in [4.78, 5) is 12.4. The van der Waals surface area contributed by atoms with Crippen molar-refractivity contribution in [3.63, 3.8) is 0 Å². The lowest BCUT2D eigenvalue weighted by molar-refractivity contribution is -0.127. The predicted octanol–water partition coefficient (Wildman–Crippen LogP) is 3.54. The first-order chi connectivity index (χ1) is 15.0. The Kier molecular flexibility index (Phi) is 5.99. The number of hydrogen-bond donors (Lipinski definition) is 1. The zero-order valence-electron chi connectivity index (χ0n) is 16.9. The van der Waals surface area contributed by atoms with E-state index in [4.69, 9.17) is 21.1 Å². The molecule has 1 amide bonds. The fraction of sp³-hybridized carbons (Fsp3) is 0.182. The highest BCUT2D eigenvalue weighted by Crippen LogP contribution is 2.21. The smallest absolute Gasteiger partial charge is 0.261 e. The van der Waals surface area contributed by atoms with Crippen LogP contribution in [0.25, 0.3) is 16.9 Å². The molecule has 1 atom stereocenters. The third-order valence-electron chi connectivity index (χ3n) is 4.63. The number of aromatic nitrogens is 4. The summed E-state index contributed by atoms with van der Waals surface area (Å²) < 4.78 is 12.5. The molecule has 0 radical (unpaired) electrons. The first-order valence-electron chi connectivity index (χ1n) is 9.59. The van der Waals surface area contributed by atoms with Crippen molar-refractivity contribution in [3.05, 3.63) is 71.5 Å². The number of ether oxygens (including phenoxy) is 2. The van der Waals surface area contributed by atoms with Crippen LogP contribution in [0, 0.1) is 0 Å². The molecule has 158 valence electrons. The van der Waals surface area contributed by atoms with Gasteiger partial charge in [-0.2, -0.15) is 9.61 Å². The summed E-state index contributed by atoms with van der Waals surface area (Å²) in [5.74, 6) is 1.56. The molecule has 0 unspecified atom stereocenters. The highest BCUT2D eigenvalue weighted by atomic mass is 35.5. The largest absolute Gasteiger partial charge is 0.497 e. The number of benzene rings is 2. The molecule has 0 saturated heterocycles. The summed E-state index contributed by atoms with van der Waals surface area (Å²) in [5.41, 5.74) is 2.27. The minimum atomic E-state index is -0.691. The first kappa shape index (κ1) is 20.6. The van der Waals surface area contributed by atoms with Crippen molar-refractivity contribution in [1.29, 1.82) is 0 Å². The number of amides is 1. The van der Waals surface area contributed by atoms with E-state index in [-0.39, 0.29) is 12.5 Å². The predicted molar refractivity (Wildman–Crippen MR) is 116 cm³/mol. The summed E-state index contributed by atoms with van der Waals surface area (Å²) in [7, 11) is 1.62. The summed E-state index contributed by atoms with van der Waals surface area (Å²) in [6, 6.07) is 18.1. The number of rotatable bonds is 7. The molecule has 0 bridgehead atoms. The van der Waals surface area contributed by atoms with Gasteiger partial charge in [-0.3, -0.25) is 4.79 Å². The monoisotopic (exact) mass is 437 g/mol. The maximum Gasteiger partial charge on any atom is 0.261 e. The Hall–Kier alpha value is -3.65. The topological polar surface area (TPSA) is 90.6 Å². The van der Waals surface area contributed by atoms with Crippen LogP contribution in [0.15, 0.2) is 60.7 Å². The van der Waals surface area contributed by atoms with E-state index in [1.165, 1.54) is 0 Å². The van der Waals surface area contributed by atoms with Gasteiger partial charge < -0.3 is 14.8 Å². The lowest BCUT2D eigenvalue weighted by atomic mass is 10.1. The van der Waals surface area contributed by atoms with Gasteiger partial charge in [-0.15, -0.1) is 10.2 Å². The molecule has 2 aromatic carbocycles. The molecule has 8 nitrogen and oxygen atoms in total. The Labute approximate surface area is 183 Å². The summed E-state index contributed by atoms with van der Waals surface area (Å²) in [5, 5.41) is 16.3. The van der Waals surface area contributed by atoms with Crippen molar-refractivity contribution in [2.45, 2.75) is 19.6 Å². The van der Waals surface area contributed by atoms with Gasteiger partial charge in [0.25, 0.3) is 5.91 Å². The molecule has 1 N–H and O–H groups in total. The molecule has 9 heteroatoms. The second kappa shape index (κ2) is 9.01. The molecule has 4 rings (SSSR count). The summed E-state index contributed by atoms with van der Waals surface area (Å²) in [6.07, 6.45) is -0.691. The van der Waals surface area contributed by atoms with Gasteiger partial charge in [0.1, 0.15) is 11.5 Å². The third kappa shape index (κ3) is 4.75. The molecule has 31 heavy (non-hydrogen) atoms. The van der Waals surface area contributed by atoms with Gasteiger partial charge in [0, 0.05) is 10.6 Å². The van der Waals surface area contributed by atoms with Crippen LogP contribution in [0.5, 0.6) is 11.5 Å². The molecule has 0 spiro atoms. The average Bonchev–Trinajstić information content (AvgIpc) is 3.21. The molecule has 0 aliphatic carbocycles. The van der Waals surface area contributed by atoms with Crippen LogP contribution in [0.1, 0.15) is 12.7 Å². The average molecular weight is 438 g/mol. The van der Waals surface area contributed by atoms with E-state index in [1.54, 1.807) is 42.8 Å². The lowest BCUT2D eigenvalue weighted by Gasteiger charge is -2.14. The molecule has 0 aliphatic rings. The Balaban J connectivity index is 1.45. The minimum Gasteiger partial charge on any atom is -0.497 e. The SMILES string of the molecule is COc1ccc(-c2ccc3nnc(CNC(=O)[C@H](C)Oc4ccc(Cl)cc4)n3n2)cc1. The molecule has 0 saturated carbocycles. The number of fused-ring (bicyclic) bond motifs is 1. The van der Waals surface area contributed by atoms with Crippen molar-refractivity contribution in [3.8, 4) is 22.8 Å². The summed E-state index contributed by atoms with van der Waals surface area (Å²) in [6.45, 7) is 1.83. The van der Waals surface area contributed by atoms with Crippen molar-refractivity contribution >= 4 is 23.2 Å². The second-order valence-corrected chi connectivity index (χ2v) is 7.20. The quantitative estimate of drug-likeness (QED) is 0.475. The Bertz CT molecular complexity index is 1190. The maximum absolute atomic E-state index is 12.4. The van der Waals surface area contributed by atoms with Crippen LogP contribution in [0.3, 0.4) is 0 Å². The van der Waals surface area contributed by atoms with Crippen LogP contribution in [0.2, 0.25) is 5.02 Å². The van der Waals surface area contributed by atoms with E-state index < -0.39 is 6.10 Å². The van der Waals surface area contributed by atoms with Gasteiger partial charge in [0.2, 0.25) is 0 Å². The fourth-order valence-electron chi connectivity index (χ4n) is 2.94. The zero-order chi connectivity index (χ0) is 21.8. The van der Waals surface area contributed by atoms with Gasteiger partial charge in [-0.1, -0.05) is 11.6 Å². The third-order valence-corrected chi connectivity index (χ3v) is 4.88. The number of carbonyl (C=O) groups is 1. The van der Waals surface area contributed by atoms with Gasteiger partial charge in [0.15, 0.2) is 17.6 Å². The van der Waals surface area contributed by atoms with Crippen molar-refractivity contribution in [2.75, 3.05) is 7.11 Å². The molecule has 0 fully saturated rings. The Morgan fingerprint density at radius 2 is 1.74 bits per heavy atom. The lowest BCUT2D eigenvalue weighted by Crippen LogP contribution is -2.36. The van der Waals surface area contributed by atoms with E-state index >= 15 is 0 Å². The number of methoxy groups -OCH3 is 1. The molecular weight excluding hydrogens is 418 g/mol. The normalized spacial score (nSPS) is 11.8. The van der Waals surface area contributed by atoms with Crippen molar-refractivity contribution in [2.24, 2.45) is 0 Å². The fourth-order valence-corrected chi connectivity index (χ4v) is 3.07. The van der Waals surface area contributed by atoms with Crippen LogP contribution in [0.4, 0.5) is 0 Å². The molecule has 2 aromatic heterocycles. The van der Waals surface area contributed by atoms with E-state index in [1.807, 2.05) is 36.4 Å². The first-order valence-corrected chi connectivity index (χ1v) is 9.97.